The molecule has 134 valence electrons. The number of benzene rings is 1. The zero-order valence-electron chi connectivity index (χ0n) is 15.3. The molecular weight excluding hydrogens is 300 g/mol. The fourth-order valence-electron chi connectivity index (χ4n) is 2.96. The fourth-order valence-corrected chi connectivity index (χ4v) is 2.96. The lowest BCUT2D eigenvalue weighted by Crippen LogP contribution is -2.43. The van der Waals surface area contributed by atoms with Gasteiger partial charge in [-0.15, -0.1) is 0 Å². The largest absolute Gasteiger partial charge is 0.497 e. The minimum atomic E-state index is 0.868. The van der Waals surface area contributed by atoms with Crippen LogP contribution in [-0.4, -0.2) is 57.7 Å². The van der Waals surface area contributed by atoms with Crippen LogP contribution in [0.3, 0.4) is 0 Å². The molecule has 0 saturated carbocycles. The summed E-state index contributed by atoms with van der Waals surface area (Å²) in [7, 11) is 3.52. The Morgan fingerprint density at radius 1 is 1.17 bits per heavy atom. The molecule has 0 amide bonds. The highest BCUT2D eigenvalue weighted by Crippen LogP contribution is 2.15. The number of ether oxygens (including phenoxy) is 1. The summed E-state index contributed by atoms with van der Waals surface area (Å²) in [5.41, 5.74) is 1.29. The van der Waals surface area contributed by atoms with Crippen LogP contribution in [0.15, 0.2) is 29.3 Å². The smallest absolute Gasteiger partial charge is 0.191 e. The minimum absolute atomic E-state index is 0.868. The van der Waals surface area contributed by atoms with Gasteiger partial charge in [-0.05, 0) is 56.0 Å². The number of aliphatic imine (C=N–C) groups is 1. The molecule has 2 rings (SSSR count). The molecule has 1 aromatic carbocycles. The van der Waals surface area contributed by atoms with Gasteiger partial charge in [-0.3, -0.25) is 4.99 Å². The number of nitrogens with one attached hydrogen (secondary N) is 2. The first-order valence-electron chi connectivity index (χ1n) is 9.01. The van der Waals surface area contributed by atoms with Gasteiger partial charge in [0.1, 0.15) is 5.75 Å². The number of likely N-dealkylation sites (tertiary alicyclic amines) is 1. The molecule has 1 aliphatic heterocycles. The molecular formula is C19H32N4O. The van der Waals surface area contributed by atoms with Crippen molar-refractivity contribution in [1.82, 2.24) is 15.5 Å². The number of nitrogens with zero attached hydrogens (tertiary/aromatic N) is 2. The Balaban J connectivity index is 1.61. The van der Waals surface area contributed by atoms with E-state index in [1.807, 2.05) is 19.2 Å². The Kier molecular flexibility index (Phi) is 7.89. The number of rotatable bonds is 7. The molecule has 0 radical (unpaired) electrons. The highest BCUT2D eigenvalue weighted by Gasteiger charge is 2.14. The van der Waals surface area contributed by atoms with Crippen molar-refractivity contribution < 1.29 is 4.74 Å². The highest BCUT2D eigenvalue weighted by molar-refractivity contribution is 5.79. The summed E-state index contributed by atoms with van der Waals surface area (Å²) in [4.78, 5) is 6.84. The van der Waals surface area contributed by atoms with E-state index in [0.717, 1.165) is 43.7 Å². The molecule has 0 atom stereocenters. The van der Waals surface area contributed by atoms with Crippen LogP contribution < -0.4 is 15.4 Å². The van der Waals surface area contributed by atoms with Crippen LogP contribution in [0.5, 0.6) is 5.75 Å². The average Bonchev–Trinajstić information content (AvgIpc) is 2.62. The molecule has 5 heteroatoms. The van der Waals surface area contributed by atoms with Crippen molar-refractivity contribution in [2.75, 3.05) is 46.9 Å². The molecule has 0 bridgehead atoms. The van der Waals surface area contributed by atoms with Crippen LogP contribution in [0.1, 0.15) is 25.3 Å². The molecule has 0 spiro atoms. The molecule has 1 heterocycles. The van der Waals surface area contributed by atoms with Crippen molar-refractivity contribution in [3.63, 3.8) is 0 Å². The first kappa shape index (κ1) is 18.6. The summed E-state index contributed by atoms with van der Waals surface area (Å²) in [5.74, 6) is 2.67. The van der Waals surface area contributed by atoms with E-state index in [-0.39, 0.29) is 0 Å². The average molecular weight is 332 g/mol. The van der Waals surface area contributed by atoms with Crippen molar-refractivity contribution in [2.45, 2.75) is 26.2 Å². The van der Waals surface area contributed by atoms with Crippen molar-refractivity contribution in [3.05, 3.63) is 29.8 Å². The molecule has 24 heavy (non-hydrogen) atoms. The van der Waals surface area contributed by atoms with Crippen LogP contribution in [-0.2, 0) is 6.42 Å². The standard InChI is InChI=1S/C19H32N4O/c1-16-9-13-23(14-10-16)15-12-22-19(20-2)21-11-8-17-4-6-18(24-3)7-5-17/h4-7,16H,8-15H2,1-3H3,(H2,20,21,22). The maximum atomic E-state index is 5.18. The number of methoxy groups -OCH3 is 1. The highest BCUT2D eigenvalue weighted by atomic mass is 16.5. The van der Waals surface area contributed by atoms with Crippen molar-refractivity contribution in [2.24, 2.45) is 10.9 Å². The third-order valence-electron chi connectivity index (χ3n) is 4.69. The SMILES string of the molecule is CN=C(NCCc1ccc(OC)cc1)NCCN1CCC(C)CC1. The predicted octanol–water partition coefficient (Wildman–Crippen LogP) is 2.13. The van der Waals surface area contributed by atoms with E-state index in [9.17, 15) is 0 Å². The van der Waals surface area contributed by atoms with Crippen molar-refractivity contribution >= 4 is 5.96 Å². The first-order valence-corrected chi connectivity index (χ1v) is 9.01. The topological polar surface area (TPSA) is 48.9 Å². The van der Waals surface area contributed by atoms with Gasteiger partial charge >= 0.3 is 0 Å². The second-order valence-corrected chi connectivity index (χ2v) is 6.55. The summed E-state index contributed by atoms with van der Waals surface area (Å²) in [6, 6.07) is 8.21. The van der Waals surface area contributed by atoms with E-state index in [1.54, 1.807) is 7.11 Å². The van der Waals surface area contributed by atoms with Gasteiger partial charge in [-0.1, -0.05) is 19.1 Å². The number of hydrogen-bond donors (Lipinski definition) is 2. The predicted molar refractivity (Wildman–Crippen MR) is 101 cm³/mol. The lowest BCUT2D eigenvalue weighted by molar-refractivity contribution is 0.195. The summed E-state index contributed by atoms with van der Waals surface area (Å²) < 4.78 is 5.18. The molecule has 5 nitrogen and oxygen atoms in total. The third kappa shape index (κ3) is 6.40. The van der Waals surface area contributed by atoms with Crippen molar-refractivity contribution in [1.29, 1.82) is 0 Å². The van der Waals surface area contributed by atoms with Gasteiger partial charge in [0.2, 0.25) is 0 Å². The van der Waals surface area contributed by atoms with Gasteiger partial charge in [0.05, 0.1) is 7.11 Å². The third-order valence-corrected chi connectivity index (χ3v) is 4.69. The van der Waals surface area contributed by atoms with E-state index < -0.39 is 0 Å². The van der Waals surface area contributed by atoms with Crippen LogP contribution in [0.4, 0.5) is 0 Å². The summed E-state index contributed by atoms with van der Waals surface area (Å²) in [6.07, 6.45) is 3.62. The Morgan fingerprint density at radius 3 is 2.46 bits per heavy atom. The number of piperidine rings is 1. The molecule has 1 fully saturated rings. The molecule has 1 aliphatic rings. The van der Waals surface area contributed by atoms with Crippen molar-refractivity contribution in [3.8, 4) is 5.75 Å². The maximum absolute atomic E-state index is 5.18. The van der Waals surface area contributed by atoms with Gasteiger partial charge in [0.15, 0.2) is 5.96 Å². The number of guanidine groups is 1. The minimum Gasteiger partial charge on any atom is -0.497 e. The van der Waals surface area contributed by atoms with Crippen LogP contribution in [0.2, 0.25) is 0 Å². The Morgan fingerprint density at radius 2 is 1.83 bits per heavy atom. The van der Waals surface area contributed by atoms with Gasteiger partial charge < -0.3 is 20.3 Å². The quantitative estimate of drug-likeness (QED) is 0.593. The van der Waals surface area contributed by atoms with Gasteiger partial charge in [-0.25, -0.2) is 0 Å². The zero-order chi connectivity index (χ0) is 17.2. The van der Waals surface area contributed by atoms with Crippen LogP contribution in [0, 0.1) is 5.92 Å². The second kappa shape index (κ2) is 10.2. The Labute approximate surface area is 146 Å². The van der Waals surface area contributed by atoms with Gasteiger partial charge in [-0.2, -0.15) is 0 Å². The summed E-state index contributed by atoms with van der Waals surface area (Å²) in [6.45, 7) is 7.71. The van der Waals surface area contributed by atoms with Crippen LogP contribution in [0.25, 0.3) is 0 Å². The number of hydrogen-bond acceptors (Lipinski definition) is 3. The van der Waals surface area contributed by atoms with Gasteiger partial charge in [0, 0.05) is 26.7 Å². The second-order valence-electron chi connectivity index (χ2n) is 6.55. The zero-order valence-corrected chi connectivity index (χ0v) is 15.3. The van der Waals surface area contributed by atoms with E-state index in [4.69, 9.17) is 4.74 Å². The Hall–Kier alpha value is -1.75. The molecule has 1 saturated heterocycles. The molecule has 0 aliphatic carbocycles. The monoisotopic (exact) mass is 332 g/mol. The Bertz CT molecular complexity index is 493. The van der Waals surface area contributed by atoms with Gasteiger partial charge in [0.25, 0.3) is 0 Å². The van der Waals surface area contributed by atoms with E-state index in [1.165, 1.54) is 31.5 Å². The summed E-state index contributed by atoms with van der Waals surface area (Å²) in [5, 5.41) is 6.79. The fraction of sp³-hybridized carbons (Fsp3) is 0.632. The lowest BCUT2D eigenvalue weighted by Gasteiger charge is -2.30. The van der Waals surface area contributed by atoms with Crippen LogP contribution >= 0.6 is 0 Å². The molecule has 0 aromatic heterocycles. The first-order chi connectivity index (χ1) is 11.7. The van der Waals surface area contributed by atoms with E-state index >= 15 is 0 Å². The lowest BCUT2D eigenvalue weighted by atomic mass is 9.99. The molecule has 2 N–H and O–H groups in total. The van der Waals surface area contributed by atoms with E-state index in [2.05, 4.69) is 39.6 Å². The maximum Gasteiger partial charge on any atom is 0.191 e. The van der Waals surface area contributed by atoms with E-state index in [0.29, 0.717) is 0 Å². The molecule has 1 aromatic rings. The summed E-state index contributed by atoms with van der Waals surface area (Å²) >= 11 is 0. The molecule has 0 unspecified atom stereocenters. The normalized spacial score (nSPS) is 16.9.